The number of nitro groups is 1. The topological polar surface area (TPSA) is 84.3 Å². The molecule has 7 heteroatoms. The fourth-order valence-electron chi connectivity index (χ4n) is 1.44. The Labute approximate surface area is 111 Å². The predicted molar refractivity (Wildman–Crippen MR) is 70.8 cm³/mol. The predicted octanol–water partition coefficient (Wildman–Crippen LogP) is 1.41. The summed E-state index contributed by atoms with van der Waals surface area (Å²) < 4.78 is 0. The lowest BCUT2D eigenvalue weighted by Crippen LogP contribution is -2.33. The molecule has 0 fully saturated rings. The Morgan fingerprint density at radius 2 is 2.17 bits per heavy atom. The number of hydrogen-bond acceptors (Lipinski definition) is 4. The molecule has 2 N–H and O–H groups in total. The Morgan fingerprint density at radius 3 is 2.72 bits per heavy atom. The van der Waals surface area contributed by atoms with E-state index in [1.54, 1.807) is 26.1 Å². The van der Waals surface area contributed by atoms with Gasteiger partial charge in [0.15, 0.2) is 0 Å². The summed E-state index contributed by atoms with van der Waals surface area (Å²) in [4.78, 5) is 21.5. The van der Waals surface area contributed by atoms with Crippen LogP contribution in [0.25, 0.3) is 0 Å². The SMILES string of the molecule is CNCC(=O)NC(C)c1cccc([N+](=O)[O-])c1.Cl. The molecule has 0 bridgehead atoms. The van der Waals surface area contributed by atoms with Gasteiger partial charge >= 0.3 is 0 Å². The number of nitrogens with zero attached hydrogens (tertiary/aromatic N) is 1. The first kappa shape index (κ1) is 16.3. The second-order valence-electron chi connectivity index (χ2n) is 3.67. The van der Waals surface area contributed by atoms with E-state index in [4.69, 9.17) is 0 Å². The van der Waals surface area contributed by atoms with E-state index in [1.165, 1.54) is 12.1 Å². The van der Waals surface area contributed by atoms with E-state index in [-0.39, 0.29) is 36.6 Å². The molecule has 1 aromatic rings. The summed E-state index contributed by atoms with van der Waals surface area (Å²) in [7, 11) is 1.68. The van der Waals surface area contributed by atoms with Gasteiger partial charge in [-0.15, -0.1) is 12.4 Å². The highest BCUT2D eigenvalue weighted by Gasteiger charge is 2.12. The molecule has 0 aliphatic heterocycles. The summed E-state index contributed by atoms with van der Waals surface area (Å²) in [5.74, 6) is -0.147. The molecule has 1 amide bonds. The number of non-ortho nitro benzene ring substituents is 1. The van der Waals surface area contributed by atoms with Crippen LogP contribution in [0.5, 0.6) is 0 Å². The summed E-state index contributed by atoms with van der Waals surface area (Å²) in [6.07, 6.45) is 0. The van der Waals surface area contributed by atoms with Crippen molar-refractivity contribution in [2.24, 2.45) is 0 Å². The highest BCUT2D eigenvalue weighted by Crippen LogP contribution is 2.18. The van der Waals surface area contributed by atoms with Crippen molar-refractivity contribution >= 4 is 24.0 Å². The third kappa shape index (κ3) is 4.68. The molecule has 1 unspecified atom stereocenters. The number of carbonyl (C=O) groups excluding carboxylic acids is 1. The minimum absolute atomic E-state index is 0. The smallest absolute Gasteiger partial charge is 0.269 e. The molecular formula is C11H16ClN3O3. The number of nitrogens with one attached hydrogen (secondary N) is 2. The van der Waals surface area contributed by atoms with Gasteiger partial charge in [0.1, 0.15) is 0 Å². The average molecular weight is 274 g/mol. The summed E-state index contributed by atoms with van der Waals surface area (Å²) in [5.41, 5.74) is 0.737. The minimum atomic E-state index is -0.453. The molecule has 0 aliphatic carbocycles. The number of benzene rings is 1. The molecule has 0 aromatic heterocycles. The first-order chi connectivity index (χ1) is 8.04. The molecule has 1 aromatic carbocycles. The molecule has 1 atom stereocenters. The Balaban J connectivity index is 0.00000289. The first-order valence-electron chi connectivity index (χ1n) is 5.23. The summed E-state index contributed by atoms with van der Waals surface area (Å²) in [5, 5.41) is 16.1. The second-order valence-corrected chi connectivity index (χ2v) is 3.67. The van der Waals surface area contributed by atoms with E-state index < -0.39 is 4.92 Å². The quantitative estimate of drug-likeness (QED) is 0.628. The zero-order valence-electron chi connectivity index (χ0n) is 10.2. The van der Waals surface area contributed by atoms with Gasteiger partial charge in [-0.1, -0.05) is 12.1 Å². The number of likely N-dealkylation sites (N-methyl/N-ethyl adjacent to an activating group) is 1. The highest BCUT2D eigenvalue weighted by molar-refractivity contribution is 5.85. The van der Waals surface area contributed by atoms with Gasteiger partial charge in [-0.25, -0.2) is 0 Å². The lowest BCUT2D eigenvalue weighted by atomic mass is 10.1. The van der Waals surface area contributed by atoms with Crippen molar-refractivity contribution < 1.29 is 9.72 Å². The van der Waals surface area contributed by atoms with Crippen molar-refractivity contribution in [1.82, 2.24) is 10.6 Å². The van der Waals surface area contributed by atoms with Crippen LogP contribution >= 0.6 is 12.4 Å². The van der Waals surface area contributed by atoms with Crippen LogP contribution in [0.4, 0.5) is 5.69 Å². The number of carbonyl (C=O) groups is 1. The van der Waals surface area contributed by atoms with Crippen molar-refractivity contribution in [2.75, 3.05) is 13.6 Å². The lowest BCUT2D eigenvalue weighted by molar-refractivity contribution is -0.384. The molecule has 18 heavy (non-hydrogen) atoms. The number of rotatable bonds is 5. The van der Waals surface area contributed by atoms with E-state index in [9.17, 15) is 14.9 Å². The molecule has 1 rings (SSSR count). The van der Waals surface area contributed by atoms with E-state index in [0.717, 1.165) is 0 Å². The zero-order chi connectivity index (χ0) is 12.8. The van der Waals surface area contributed by atoms with Crippen LogP contribution in [-0.4, -0.2) is 24.4 Å². The fourth-order valence-corrected chi connectivity index (χ4v) is 1.44. The molecule has 6 nitrogen and oxygen atoms in total. The van der Waals surface area contributed by atoms with Crippen LogP contribution in [0.2, 0.25) is 0 Å². The molecular weight excluding hydrogens is 258 g/mol. The Hall–Kier alpha value is -1.66. The van der Waals surface area contributed by atoms with Crippen molar-refractivity contribution in [3.8, 4) is 0 Å². The minimum Gasteiger partial charge on any atom is -0.348 e. The second kappa shape index (κ2) is 7.62. The third-order valence-electron chi connectivity index (χ3n) is 2.30. The third-order valence-corrected chi connectivity index (χ3v) is 2.30. The van der Waals surface area contributed by atoms with Crippen molar-refractivity contribution in [3.63, 3.8) is 0 Å². The lowest BCUT2D eigenvalue weighted by Gasteiger charge is -2.13. The van der Waals surface area contributed by atoms with Crippen LogP contribution in [0.3, 0.4) is 0 Å². The van der Waals surface area contributed by atoms with E-state index >= 15 is 0 Å². The molecule has 0 spiro atoms. The summed E-state index contributed by atoms with van der Waals surface area (Å²) >= 11 is 0. The van der Waals surface area contributed by atoms with Crippen molar-refractivity contribution in [1.29, 1.82) is 0 Å². The molecule has 0 heterocycles. The Bertz CT molecular complexity index is 426. The van der Waals surface area contributed by atoms with Gasteiger partial charge in [-0.05, 0) is 19.5 Å². The molecule has 0 saturated carbocycles. The van der Waals surface area contributed by atoms with E-state index in [0.29, 0.717) is 5.56 Å². The average Bonchev–Trinajstić information content (AvgIpc) is 2.29. The first-order valence-corrected chi connectivity index (χ1v) is 5.23. The van der Waals surface area contributed by atoms with Gasteiger partial charge in [0.25, 0.3) is 5.69 Å². The van der Waals surface area contributed by atoms with Crippen LogP contribution in [0.15, 0.2) is 24.3 Å². The normalized spacial score (nSPS) is 11.2. The van der Waals surface area contributed by atoms with Crippen molar-refractivity contribution in [2.45, 2.75) is 13.0 Å². The number of nitro benzene ring substituents is 1. The highest BCUT2D eigenvalue weighted by atomic mass is 35.5. The standard InChI is InChI=1S/C11H15N3O3.ClH/c1-8(13-11(15)7-12-2)9-4-3-5-10(6-9)14(16)17;/h3-6,8,12H,7H2,1-2H3,(H,13,15);1H. The Morgan fingerprint density at radius 1 is 1.50 bits per heavy atom. The number of amides is 1. The maximum Gasteiger partial charge on any atom is 0.269 e. The summed E-state index contributed by atoms with van der Waals surface area (Å²) in [6, 6.07) is 5.98. The zero-order valence-corrected chi connectivity index (χ0v) is 11.0. The van der Waals surface area contributed by atoms with Crippen LogP contribution in [-0.2, 0) is 4.79 Å². The van der Waals surface area contributed by atoms with Gasteiger partial charge in [0, 0.05) is 12.1 Å². The van der Waals surface area contributed by atoms with Gasteiger partial charge in [0.2, 0.25) is 5.91 Å². The van der Waals surface area contributed by atoms with Gasteiger partial charge in [-0.2, -0.15) is 0 Å². The molecule has 0 radical (unpaired) electrons. The van der Waals surface area contributed by atoms with Crippen LogP contribution in [0, 0.1) is 10.1 Å². The van der Waals surface area contributed by atoms with E-state index in [2.05, 4.69) is 10.6 Å². The van der Waals surface area contributed by atoms with Gasteiger partial charge in [-0.3, -0.25) is 14.9 Å². The largest absolute Gasteiger partial charge is 0.348 e. The maximum atomic E-state index is 11.3. The fraction of sp³-hybridized carbons (Fsp3) is 0.364. The van der Waals surface area contributed by atoms with Crippen molar-refractivity contribution in [3.05, 3.63) is 39.9 Å². The number of halogens is 1. The monoisotopic (exact) mass is 273 g/mol. The molecule has 100 valence electrons. The molecule has 0 aliphatic rings. The maximum absolute atomic E-state index is 11.3. The van der Waals surface area contributed by atoms with Gasteiger partial charge in [0.05, 0.1) is 17.5 Å². The Kier molecular flexibility index (Phi) is 6.92. The molecule has 0 saturated heterocycles. The number of hydrogen-bond donors (Lipinski definition) is 2. The van der Waals surface area contributed by atoms with E-state index in [1.807, 2.05) is 0 Å². The van der Waals surface area contributed by atoms with Crippen LogP contribution < -0.4 is 10.6 Å². The summed E-state index contributed by atoms with van der Waals surface area (Å²) in [6.45, 7) is 2.01. The van der Waals surface area contributed by atoms with Crippen LogP contribution in [0.1, 0.15) is 18.5 Å². The van der Waals surface area contributed by atoms with Gasteiger partial charge < -0.3 is 10.6 Å².